The first-order valence-corrected chi connectivity index (χ1v) is 9.64. The van der Waals surface area contributed by atoms with E-state index in [4.69, 9.17) is 11.6 Å². The summed E-state index contributed by atoms with van der Waals surface area (Å²) < 4.78 is 29.2. The number of hydrogen-bond acceptors (Lipinski definition) is 2. The maximum Gasteiger partial charge on any atom is 0.244 e. The molecule has 1 unspecified atom stereocenters. The van der Waals surface area contributed by atoms with Crippen molar-refractivity contribution in [3.63, 3.8) is 0 Å². The first kappa shape index (κ1) is 16.8. The molecule has 0 N–H and O–H groups in total. The summed E-state index contributed by atoms with van der Waals surface area (Å²) in [4.78, 5) is 0.378. The van der Waals surface area contributed by atoms with Crippen LogP contribution >= 0.6 is 11.6 Å². The molecule has 21 heavy (non-hydrogen) atoms. The maximum atomic E-state index is 12.8. The highest BCUT2D eigenvalue weighted by Crippen LogP contribution is 2.27. The van der Waals surface area contributed by atoms with Gasteiger partial charge in [0.25, 0.3) is 0 Å². The lowest BCUT2D eigenvalue weighted by molar-refractivity contribution is 0.261. The van der Waals surface area contributed by atoms with E-state index in [1.807, 2.05) is 18.4 Å². The van der Waals surface area contributed by atoms with Crippen LogP contribution in [0.25, 0.3) is 0 Å². The molecule has 1 aromatic heterocycles. The minimum absolute atomic E-state index is 0.201. The summed E-state index contributed by atoms with van der Waals surface area (Å²) in [6.07, 6.45) is 4.84. The number of rotatable bonds is 5. The van der Waals surface area contributed by atoms with Gasteiger partial charge in [-0.1, -0.05) is 13.3 Å². The van der Waals surface area contributed by atoms with Crippen molar-refractivity contribution in [3.8, 4) is 0 Å². The average Bonchev–Trinajstić information content (AvgIpc) is 2.92. The number of alkyl halides is 1. The van der Waals surface area contributed by atoms with Crippen LogP contribution < -0.4 is 0 Å². The van der Waals surface area contributed by atoms with Gasteiger partial charge in [-0.2, -0.15) is 4.31 Å². The number of hydrogen-bond donors (Lipinski definition) is 0. The predicted molar refractivity (Wildman–Crippen MR) is 86.1 cm³/mol. The lowest BCUT2D eigenvalue weighted by Crippen LogP contribution is -2.39. The Labute approximate surface area is 133 Å². The van der Waals surface area contributed by atoms with Gasteiger partial charge in [0, 0.05) is 31.0 Å². The van der Waals surface area contributed by atoms with Gasteiger partial charge >= 0.3 is 0 Å². The highest BCUT2D eigenvalue weighted by Gasteiger charge is 2.31. The molecule has 1 saturated heterocycles. The Morgan fingerprint density at radius 2 is 2.14 bits per heavy atom. The van der Waals surface area contributed by atoms with E-state index in [1.165, 1.54) is 0 Å². The minimum Gasteiger partial charge on any atom is -0.346 e. The highest BCUT2D eigenvalue weighted by molar-refractivity contribution is 7.89. The molecule has 0 bridgehead atoms. The third-order valence-electron chi connectivity index (χ3n) is 4.30. The molecular weight excluding hydrogens is 308 g/mol. The van der Waals surface area contributed by atoms with E-state index >= 15 is 0 Å². The van der Waals surface area contributed by atoms with Gasteiger partial charge in [-0.15, -0.1) is 11.6 Å². The van der Waals surface area contributed by atoms with Crippen molar-refractivity contribution in [2.75, 3.05) is 13.1 Å². The Bertz CT molecular complexity index is 580. The molecule has 1 fully saturated rings. The first-order valence-electron chi connectivity index (χ1n) is 7.67. The number of piperidine rings is 1. The largest absolute Gasteiger partial charge is 0.346 e. The van der Waals surface area contributed by atoms with Crippen LogP contribution in [0.3, 0.4) is 0 Å². The summed E-state index contributed by atoms with van der Waals surface area (Å²) >= 11 is 5.94. The molecule has 1 aliphatic rings. The standard InChI is InChI=1S/C15H25ClN2O2S/c1-4-13-6-5-7-17(10-13)21(19,20)15-8-14(9-16)18(11-15)12(2)3/h8,11-13H,4-7,9-10H2,1-3H3. The normalized spacial score (nSPS) is 21.1. The lowest BCUT2D eigenvalue weighted by atomic mass is 9.97. The Hall–Kier alpha value is -0.520. The second kappa shape index (κ2) is 6.71. The van der Waals surface area contributed by atoms with Gasteiger partial charge < -0.3 is 4.57 Å². The van der Waals surface area contributed by atoms with E-state index in [-0.39, 0.29) is 6.04 Å². The number of halogens is 1. The van der Waals surface area contributed by atoms with Crippen LogP contribution in [0.2, 0.25) is 0 Å². The fourth-order valence-electron chi connectivity index (χ4n) is 2.95. The van der Waals surface area contributed by atoms with Gasteiger partial charge in [0.05, 0.1) is 5.88 Å². The molecule has 0 radical (unpaired) electrons. The molecule has 0 aliphatic carbocycles. The van der Waals surface area contributed by atoms with Crippen LogP contribution in [-0.2, 0) is 15.9 Å². The van der Waals surface area contributed by atoms with Crippen molar-refractivity contribution in [3.05, 3.63) is 18.0 Å². The van der Waals surface area contributed by atoms with Crippen LogP contribution in [0.15, 0.2) is 17.2 Å². The van der Waals surface area contributed by atoms with Gasteiger partial charge in [-0.3, -0.25) is 0 Å². The SMILES string of the molecule is CCC1CCCN(S(=O)(=O)c2cc(CCl)n(C(C)C)c2)C1. The molecule has 2 rings (SSSR count). The molecule has 1 aliphatic heterocycles. The van der Waals surface area contributed by atoms with Crippen molar-refractivity contribution in [1.82, 2.24) is 8.87 Å². The van der Waals surface area contributed by atoms with E-state index in [0.29, 0.717) is 29.8 Å². The third kappa shape index (κ3) is 3.46. The van der Waals surface area contributed by atoms with E-state index in [9.17, 15) is 8.42 Å². The molecule has 1 aromatic rings. The van der Waals surface area contributed by atoms with Crippen molar-refractivity contribution in [1.29, 1.82) is 0 Å². The Balaban J connectivity index is 2.31. The summed E-state index contributed by atoms with van der Waals surface area (Å²) in [5.74, 6) is 0.805. The highest BCUT2D eigenvalue weighted by atomic mass is 35.5. The molecule has 0 amide bonds. The molecule has 6 heteroatoms. The zero-order chi connectivity index (χ0) is 15.6. The molecule has 120 valence electrons. The van der Waals surface area contributed by atoms with E-state index in [0.717, 1.165) is 25.0 Å². The monoisotopic (exact) mass is 332 g/mol. The predicted octanol–water partition coefficient (Wildman–Crippen LogP) is 3.62. The molecular formula is C15H25ClN2O2S. The van der Waals surface area contributed by atoms with E-state index < -0.39 is 10.0 Å². The summed E-state index contributed by atoms with van der Waals surface area (Å²) in [6.45, 7) is 7.45. The smallest absolute Gasteiger partial charge is 0.244 e. The molecule has 4 nitrogen and oxygen atoms in total. The topological polar surface area (TPSA) is 42.3 Å². The molecule has 1 atom stereocenters. The summed E-state index contributed by atoms with van der Waals surface area (Å²) in [5, 5.41) is 0. The number of aromatic nitrogens is 1. The van der Waals surface area contributed by atoms with Crippen LogP contribution in [0, 0.1) is 5.92 Å². The lowest BCUT2D eigenvalue weighted by Gasteiger charge is -2.31. The quantitative estimate of drug-likeness (QED) is 0.773. The van der Waals surface area contributed by atoms with E-state index in [1.54, 1.807) is 16.6 Å². The second-order valence-corrected chi connectivity index (χ2v) is 8.29. The third-order valence-corrected chi connectivity index (χ3v) is 6.40. The zero-order valence-corrected chi connectivity index (χ0v) is 14.6. The van der Waals surface area contributed by atoms with Gasteiger partial charge in [-0.25, -0.2) is 8.42 Å². The zero-order valence-electron chi connectivity index (χ0n) is 13.0. The average molecular weight is 333 g/mol. The summed E-state index contributed by atoms with van der Waals surface area (Å²) in [7, 11) is -3.40. The Morgan fingerprint density at radius 3 is 2.67 bits per heavy atom. The summed E-state index contributed by atoms with van der Waals surface area (Å²) in [5.41, 5.74) is 0.856. The number of nitrogens with zero attached hydrogens (tertiary/aromatic N) is 2. The number of sulfonamides is 1. The minimum atomic E-state index is -3.40. The van der Waals surface area contributed by atoms with Gasteiger partial charge in [0.2, 0.25) is 10.0 Å². The van der Waals surface area contributed by atoms with E-state index in [2.05, 4.69) is 6.92 Å². The Kier molecular flexibility index (Phi) is 5.38. The second-order valence-electron chi connectivity index (χ2n) is 6.08. The van der Waals surface area contributed by atoms with Gasteiger partial charge in [0.1, 0.15) is 4.90 Å². The van der Waals surface area contributed by atoms with Crippen molar-refractivity contribution in [2.45, 2.75) is 56.9 Å². The molecule has 0 spiro atoms. The van der Waals surface area contributed by atoms with Crippen molar-refractivity contribution >= 4 is 21.6 Å². The first-order chi connectivity index (χ1) is 9.90. The van der Waals surface area contributed by atoms with Crippen LogP contribution in [0.4, 0.5) is 0 Å². The van der Waals surface area contributed by atoms with Gasteiger partial charge in [0.15, 0.2) is 0 Å². The molecule has 0 aromatic carbocycles. The van der Waals surface area contributed by atoms with Crippen LogP contribution in [0.1, 0.15) is 51.8 Å². The fraction of sp³-hybridized carbons (Fsp3) is 0.733. The van der Waals surface area contributed by atoms with Gasteiger partial charge in [-0.05, 0) is 38.7 Å². The molecule has 0 saturated carbocycles. The Morgan fingerprint density at radius 1 is 1.43 bits per heavy atom. The van der Waals surface area contributed by atoms with Crippen molar-refractivity contribution < 1.29 is 8.42 Å². The van der Waals surface area contributed by atoms with Crippen LogP contribution in [0.5, 0.6) is 0 Å². The fourth-order valence-corrected chi connectivity index (χ4v) is 4.77. The maximum absolute atomic E-state index is 12.8. The van der Waals surface area contributed by atoms with Crippen molar-refractivity contribution in [2.24, 2.45) is 5.92 Å². The van der Waals surface area contributed by atoms with Crippen LogP contribution in [-0.4, -0.2) is 30.4 Å². The molecule has 2 heterocycles. The summed E-state index contributed by atoms with van der Waals surface area (Å²) in [6, 6.07) is 1.92.